The summed E-state index contributed by atoms with van der Waals surface area (Å²) in [7, 11) is -2.65. The third-order valence-corrected chi connectivity index (χ3v) is 5.54. The SMILES string of the molecule is COC(=O)CN(c1ccc(C)cc1)S(=O)(=O)c1ccc(Br)cc1. The Labute approximate surface area is 144 Å². The van der Waals surface area contributed by atoms with Crippen LogP contribution in [-0.4, -0.2) is 28.0 Å². The topological polar surface area (TPSA) is 63.7 Å². The first-order valence-corrected chi connectivity index (χ1v) is 8.99. The minimum absolute atomic E-state index is 0.102. The second-order valence-electron chi connectivity index (χ2n) is 4.88. The number of esters is 1. The molecular weight excluding hydrogens is 382 g/mol. The fraction of sp³-hybridized carbons (Fsp3) is 0.188. The van der Waals surface area contributed by atoms with Gasteiger partial charge in [-0.1, -0.05) is 33.6 Å². The van der Waals surface area contributed by atoms with E-state index in [-0.39, 0.29) is 4.90 Å². The zero-order valence-corrected chi connectivity index (χ0v) is 15.1. The summed E-state index contributed by atoms with van der Waals surface area (Å²) in [5.41, 5.74) is 1.40. The molecule has 122 valence electrons. The summed E-state index contributed by atoms with van der Waals surface area (Å²) in [6.45, 7) is 1.51. The fourth-order valence-corrected chi connectivity index (χ4v) is 3.62. The standard InChI is InChI=1S/C16H16BrNO4S/c1-12-3-7-14(8-4-12)18(11-16(19)22-2)23(20,21)15-9-5-13(17)6-10-15/h3-10H,11H2,1-2H3. The van der Waals surface area contributed by atoms with Crippen LogP contribution < -0.4 is 4.31 Å². The highest BCUT2D eigenvalue weighted by Crippen LogP contribution is 2.25. The van der Waals surface area contributed by atoms with Crippen LogP contribution in [0.1, 0.15) is 5.56 Å². The highest BCUT2D eigenvalue weighted by Gasteiger charge is 2.27. The predicted octanol–water partition coefficient (Wildman–Crippen LogP) is 3.13. The number of ether oxygens (including phenoxy) is 1. The van der Waals surface area contributed by atoms with Gasteiger partial charge in [0.25, 0.3) is 10.0 Å². The third kappa shape index (κ3) is 4.11. The number of halogens is 1. The van der Waals surface area contributed by atoms with Crippen molar-refractivity contribution < 1.29 is 17.9 Å². The number of aryl methyl sites for hydroxylation is 1. The van der Waals surface area contributed by atoms with E-state index in [0.717, 1.165) is 14.3 Å². The van der Waals surface area contributed by atoms with Crippen molar-refractivity contribution in [3.8, 4) is 0 Å². The number of carbonyl (C=O) groups excluding carboxylic acids is 1. The van der Waals surface area contributed by atoms with Crippen LogP contribution in [0.5, 0.6) is 0 Å². The lowest BCUT2D eigenvalue weighted by molar-refractivity contribution is -0.138. The number of rotatable bonds is 5. The number of hydrogen-bond acceptors (Lipinski definition) is 4. The maximum absolute atomic E-state index is 12.9. The molecule has 0 saturated heterocycles. The van der Waals surface area contributed by atoms with E-state index < -0.39 is 22.5 Å². The maximum Gasteiger partial charge on any atom is 0.326 e. The number of sulfonamides is 1. The van der Waals surface area contributed by atoms with Gasteiger partial charge in [-0.3, -0.25) is 9.10 Å². The summed E-state index contributed by atoms with van der Waals surface area (Å²) in [6, 6.07) is 13.1. The first-order chi connectivity index (χ1) is 10.8. The second-order valence-corrected chi connectivity index (χ2v) is 7.66. The molecule has 0 amide bonds. The van der Waals surface area contributed by atoms with Crippen molar-refractivity contribution in [3.05, 3.63) is 58.6 Å². The molecule has 0 radical (unpaired) electrons. The molecule has 0 spiro atoms. The van der Waals surface area contributed by atoms with E-state index in [1.54, 1.807) is 36.4 Å². The van der Waals surface area contributed by atoms with Crippen LogP contribution in [0.25, 0.3) is 0 Å². The Morgan fingerprint density at radius 2 is 1.65 bits per heavy atom. The Morgan fingerprint density at radius 3 is 2.17 bits per heavy atom. The Kier molecular flexibility index (Phi) is 5.43. The normalized spacial score (nSPS) is 11.1. The van der Waals surface area contributed by atoms with Gasteiger partial charge in [0.2, 0.25) is 0 Å². The predicted molar refractivity (Wildman–Crippen MR) is 91.9 cm³/mol. The smallest absolute Gasteiger partial charge is 0.326 e. The van der Waals surface area contributed by atoms with Crippen molar-refractivity contribution in [1.29, 1.82) is 0 Å². The number of carbonyl (C=O) groups is 1. The monoisotopic (exact) mass is 397 g/mol. The lowest BCUT2D eigenvalue weighted by Gasteiger charge is -2.23. The summed E-state index contributed by atoms with van der Waals surface area (Å²) in [6.07, 6.45) is 0. The Balaban J connectivity index is 2.49. The van der Waals surface area contributed by atoms with Gasteiger partial charge in [0.05, 0.1) is 17.7 Å². The van der Waals surface area contributed by atoms with Gasteiger partial charge in [0.15, 0.2) is 0 Å². The van der Waals surface area contributed by atoms with Crippen molar-refractivity contribution >= 4 is 37.6 Å². The molecule has 0 bridgehead atoms. The highest BCUT2D eigenvalue weighted by atomic mass is 79.9. The zero-order chi connectivity index (χ0) is 17.0. The molecule has 0 N–H and O–H groups in total. The van der Waals surface area contributed by atoms with Crippen LogP contribution in [-0.2, 0) is 19.6 Å². The molecular formula is C16H16BrNO4S. The molecule has 0 aliphatic heterocycles. The summed E-state index contributed by atoms with van der Waals surface area (Å²) >= 11 is 3.27. The molecule has 7 heteroatoms. The number of nitrogens with zero attached hydrogens (tertiary/aromatic N) is 1. The number of hydrogen-bond donors (Lipinski definition) is 0. The molecule has 5 nitrogen and oxygen atoms in total. The van der Waals surface area contributed by atoms with E-state index in [9.17, 15) is 13.2 Å². The Hall–Kier alpha value is -1.86. The van der Waals surface area contributed by atoms with Crippen LogP contribution in [0.3, 0.4) is 0 Å². The number of anilines is 1. The second kappa shape index (κ2) is 7.14. The van der Waals surface area contributed by atoms with Crippen molar-refractivity contribution in [2.45, 2.75) is 11.8 Å². The molecule has 0 heterocycles. The highest BCUT2D eigenvalue weighted by molar-refractivity contribution is 9.10. The first kappa shape index (κ1) is 17.5. The zero-order valence-electron chi connectivity index (χ0n) is 12.7. The van der Waals surface area contributed by atoms with Crippen LogP contribution in [0, 0.1) is 6.92 Å². The molecule has 0 saturated carbocycles. The molecule has 0 unspecified atom stereocenters. The molecule has 0 atom stereocenters. The minimum Gasteiger partial charge on any atom is -0.468 e. The summed E-state index contributed by atoms with van der Waals surface area (Å²) in [4.78, 5) is 11.8. The van der Waals surface area contributed by atoms with Crippen LogP contribution >= 0.6 is 15.9 Å². The summed E-state index contributed by atoms with van der Waals surface area (Å²) in [5, 5.41) is 0. The molecule has 0 aliphatic rings. The molecule has 0 fully saturated rings. The van der Waals surface area contributed by atoms with Crippen molar-refractivity contribution in [3.63, 3.8) is 0 Å². The molecule has 23 heavy (non-hydrogen) atoms. The van der Waals surface area contributed by atoms with Crippen LogP contribution in [0.2, 0.25) is 0 Å². The van der Waals surface area contributed by atoms with Gasteiger partial charge in [-0.2, -0.15) is 0 Å². The summed E-state index contributed by atoms with van der Waals surface area (Å²) in [5.74, 6) is -0.633. The van der Waals surface area contributed by atoms with Gasteiger partial charge in [-0.25, -0.2) is 8.42 Å². The van der Waals surface area contributed by atoms with E-state index in [0.29, 0.717) is 5.69 Å². The van der Waals surface area contributed by atoms with E-state index in [1.165, 1.54) is 19.2 Å². The van der Waals surface area contributed by atoms with Crippen molar-refractivity contribution in [1.82, 2.24) is 0 Å². The molecule has 0 aromatic heterocycles. The van der Waals surface area contributed by atoms with Gasteiger partial charge < -0.3 is 4.74 Å². The van der Waals surface area contributed by atoms with Gasteiger partial charge in [0, 0.05) is 4.47 Å². The largest absolute Gasteiger partial charge is 0.468 e. The summed E-state index contributed by atoms with van der Waals surface area (Å²) < 4.78 is 32.2. The van der Waals surface area contributed by atoms with Gasteiger partial charge in [-0.15, -0.1) is 0 Å². The van der Waals surface area contributed by atoms with Crippen LogP contribution in [0.15, 0.2) is 57.9 Å². The van der Waals surface area contributed by atoms with Crippen LogP contribution in [0.4, 0.5) is 5.69 Å². The number of benzene rings is 2. The molecule has 2 aromatic rings. The quantitative estimate of drug-likeness (QED) is 0.726. The molecule has 0 aliphatic carbocycles. The first-order valence-electron chi connectivity index (χ1n) is 6.76. The lowest BCUT2D eigenvalue weighted by atomic mass is 10.2. The molecule has 2 rings (SSSR count). The maximum atomic E-state index is 12.9. The average molecular weight is 398 g/mol. The lowest BCUT2D eigenvalue weighted by Crippen LogP contribution is -2.36. The van der Waals surface area contributed by atoms with Crippen molar-refractivity contribution in [2.24, 2.45) is 0 Å². The van der Waals surface area contributed by atoms with Crippen molar-refractivity contribution in [2.75, 3.05) is 18.0 Å². The van der Waals surface area contributed by atoms with E-state index in [4.69, 9.17) is 0 Å². The average Bonchev–Trinajstić information content (AvgIpc) is 2.53. The molecule has 2 aromatic carbocycles. The van der Waals surface area contributed by atoms with E-state index >= 15 is 0 Å². The minimum atomic E-state index is -3.88. The van der Waals surface area contributed by atoms with E-state index in [2.05, 4.69) is 20.7 Å². The van der Waals surface area contributed by atoms with Gasteiger partial charge in [-0.05, 0) is 43.3 Å². The number of methoxy groups -OCH3 is 1. The van der Waals surface area contributed by atoms with Gasteiger partial charge in [0.1, 0.15) is 6.54 Å². The Bertz CT molecular complexity index is 786. The van der Waals surface area contributed by atoms with Gasteiger partial charge >= 0.3 is 5.97 Å². The fourth-order valence-electron chi connectivity index (χ4n) is 1.94. The van der Waals surface area contributed by atoms with E-state index in [1.807, 2.05) is 6.92 Å². The third-order valence-electron chi connectivity index (χ3n) is 3.22. The Morgan fingerprint density at radius 1 is 1.09 bits per heavy atom.